The second-order valence-corrected chi connectivity index (χ2v) is 6.05. The maximum atomic E-state index is 12.4. The number of ether oxygens (including phenoxy) is 1. The van der Waals surface area contributed by atoms with E-state index in [1.165, 1.54) is 0 Å². The number of carbonyl (C=O) groups excluding carboxylic acids is 2. The molecular formula is C17H23ClN2O3. The zero-order valence-corrected chi connectivity index (χ0v) is 14.4. The fraction of sp³-hybridized carbons (Fsp3) is 0.529. The average Bonchev–Trinajstić information content (AvgIpc) is 2.57. The van der Waals surface area contributed by atoms with Gasteiger partial charge in [0.15, 0.2) is 0 Å². The molecule has 1 fully saturated rings. The third-order valence-corrected chi connectivity index (χ3v) is 4.40. The van der Waals surface area contributed by atoms with E-state index in [9.17, 15) is 9.59 Å². The van der Waals surface area contributed by atoms with Crippen LogP contribution in [-0.2, 0) is 16.0 Å². The highest BCUT2D eigenvalue weighted by molar-refractivity contribution is 6.31. The van der Waals surface area contributed by atoms with Crippen LogP contribution in [0.1, 0.15) is 25.3 Å². The van der Waals surface area contributed by atoms with E-state index in [-0.39, 0.29) is 18.2 Å². The van der Waals surface area contributed by atoms with Gasteiger partial charge in [0.05, 0.1) is 13.5 Å². The van der Waals surface area contributed by atoms with Crippen molar-refractivity contribution < 1.29 is 14.3 Å². The Hall–Kier alpha value is -1.75. The van der Waals surface area contributed by atoms with Crippen molar-refractivity contribution >= 4 is 23.4 Å². The number of halogens is 1. The van der Waals surface area contributed by atoms with Gasteiger partial charge in [-0.3, -0.25) is 9.59 Å². The maximum absolute atomic E-state index is 12.4. The van der Waals surface area contributed by atoms with Gasteiger partial charge >= 0.3 is 0 Å². The minimum absolute atomic E-state index is 0.0413. The van der Waals surface area contributed by atoms with E-state index >= 15 is 0 Å². The first-order valence-corrected chi connectivity index (χ1v) is 8.31. The van der Waals surface area contributed by atoms with Gasteiger partial charge in [0.2, 0.25) is 11.8 Å². The number of benzene rings is 1. The van der Waals surface area contributed by atoms with Gasteiger partial charge in [0.25, 0.3) is 0 Å². The lowest BCUT2D eigenvalue weighted by molar-refractivity contribution is -0.139. The Morgan fingerprint density at radius 2 is 1.74 bits per heavy atom. The van der Waals surface area contributed by atoms with E-state index < -0.39 is 0 Å². The first-order chi connectivity index (χ1) is 11.0. The van der Waals surface area contributed by atoms with Gasteiger partial charge in [0, 0.05) is 37.6 Å². The Bertz CT molecular complexity index is 569. The summed E-state index contributed by atoms with van der Waals surface area (Å²) >= 11 is 6.19. The predicted molar refractivity (Wildman–Crippen MR) is 89.8 cm³/mol. The molecule has 2 amide bonds. The fourth-order valence-electron chi connectivity index (χ4n) is 2.65. The van der Waals surface area contributed by atoms with E-state index in [4.69, 9.17) is 16.3 Å². The van der Waals surface area contributed by atoms with E-state index in [0.717, 1.165) is 12.0 Å². The summed E-state index contributed by atoms with van der Waals surface area (Å²) in [6.07, 6.45) is 1.70. The van der Waals surface area contributed by atoms with Crippen molar-refractivity contribution in [3.63, 3.8) is 0 Å². The molecule has 0 N–H and O–H groups in total. The number of hydrogen-bond donors (Lipinski definition) is 0. The molecular weight excluding hydrogens is 316 g/mol. The highest BCUT2D eigenvalue weighted by Gasteiger charge is 2.24. The SMILES string of the molecule is CCCC(=O)N1CCN(C(=O)Cc2ccc(OC)cc2Cl)CC1. The summed E-state index contributed by atoms with van der Waals surface area (Å²) in [5, 5.41) is 0.537. The third-order valence-electron chi connectivity index (χ3n) is 4.05. The third kappa shape index (κ3) is 4.61. The van der Waals surface area contributed by atoms with Crippen LogP contribution < -0.4 is 4.74 Å². The Kier molecular flexibility index (Phi) is 6.28. The zero-order chi connectivity index (χ0) is 16.8. The Morgan fingerprint density at radius 3 is 2.26 bits per heavy atom. The lowest BCUT2D eigenvalue weighted by Gasteiger charge is -2.35. The van der Waals surface area contributed by atoms with Gasteiger partial charge in [-0.1, -0.05) is 24.6 Å². The fourth-order valence-corrected chi connectivity index (χ4v) is 2.89. The monoisotopic (exact) mass is 338 g/mol. The number of hydrogen-bond acceptors (Lipinski definition) is 3. The summed E-state index contributed by atoms with van der Waals surface area (Å²) in [4.78, 5) is 27.9. The highest BCUT2D eigenvalue weighted by atomic mass is 35.5. The predicted octanol–water partition coefficient (Wildman–Crippen LogP) is 2.36. The lowest BCUT2D eigenvalue weighted by atomic mass is 10.1. The second kappa shape index (κ2) is 8.20. The van der Waals surface area contributed by atoms with Gasteiger partial charge in [-0.2, -0.15) is 0 Å². The molecule has 0 aromatic heterocycles. The molecule has 0 aliphatic carbocycles. The molecule has 6 heteroatoms. The summed E-state index contributed by atoms with van der Waals surface area (Å²) in [6.45, 7) is 4.39. The molecule has 0 unspecified atom stereocenters. The normalized spacial score (nSPS) is 14.7. The number of piperazine rings is 1. The Balaban J connectivity index is 1.89. The second-order valence-electron chi connectivity index (χ2n) is 5.65. The van der Waals surface area contributed by atoms with Crippen LogP contribution in [0.5, 0.6) is 5.75 Å². The Morgan fingerprint density at radius 1 is 1.13 bits per heavy atom. The highest BCUT2D eigenvalue weighted by Crippen LogP contribution is 2.23. The smallest absolute Gasteiger partial charge is 0.227 e. The summed E-state index contributed by atoms with van der Waals surface area (Å²) in [6, 6.07) is 5.33. The number of rotatable bonds is 5. The molecule has 1 aliphatic rings. The van der Waals surface area contributed by atoms with Crippen molar-refractivity contribution in [2.75, 3.05) is 33.3 Å². The first-order valence-electron chi connectivity index (χ1n) is 7.93. The van der Waals surface area contributed by atoms with E-state index in [1.54, 1.807) is 24.1 Å². The largest absolute Gasteiger partial charge is 0.497 e. The quantitative estimate of drug-likeness (QED) is 0.828. The molecule has 1 heterocycles. The van der Waals surface area contributed by atoms with Crippen molar-refractivity contribution in [3.05, 3.63) is 28.8 Å². The van der Waals surface area contributed by atoms with E-state index in [2.05, 4.69) is 0 Å². The summed E-state index contributed by atoms with van der Waals surface area (Å²) in [5.41, 5.74) is 0.793. The molecule has 0 radical (unpaired) electrons. The molecule has 0 atom stereocenters. The van der Waals surface area contributed by atoms with Crippen LogP contribution in [0, 0.1) is 0 Å². The Labute approximate surface area is 142 Å². The van der Waals surface area contributed by atoms with Gasteiger partial charge in [-0.15, -0.1) is 0 Å². The number of amides is 2. The molecule has 1 saturated heterocycles. The minimum Gasteiger partial charge on any atom is -0.497 e. The number of carbonyl (C=O) groups is 2. The van der Waals surface area contributed by atoms with Crippen molar-refractivity contribution in [1.29, 1.82) is 0 Å². The first kappa shape index (κ1) is 17.6. The van der Waals surface area contributed by atoms with Crippen LogP contribution in [0.4, 0.5) is 0 Å². The standard InChI is InChI=1S/C17H23ClN2O3/c1-3-4-16(21)19-7-9-20(10-8-19)17(22)11-13-5-6-14(23-2)12-15(13)18/h5-6,12H,3-4,7-11H2,1-2H3. The van der Waals surface area contributed by atoms with Gasteiger partial charge in [0.1, 0.15) is 5.75 Å². The molecule has 126 valence electrons. The van der Waals surface area contributed by atoms with Crippen LogP contribution in [0.15, 0.2) is 18.2 Å². The van der Waals surface area contributed by atoms with Crippen molar-refractivity contribution in [2.24, 2.45) is 0 Å². The molecule has 0 bridgehead atoms. The zero-order valence-electron chi connectivity index (χ0n) is 13.7. The van der Waals surface area contributed by atoms with Crippen LogP contribution in [-0.4, -0.2) is 54.9 Å². The van der Waals surface area contributed by atoms with Crippen molar-refractivity contribution in [1.82, 2.24) is 9.80 Å². The topological polar surface area (TPSA) is 49.9 Å². The molecule has 23 heavy (non-hydrogen) atoms. The minimum atomic E-state index is 0.0413. The lowest BCUT2D eigenvalue weighted by Crippen LogP contribution is -2.50. The van der Waals surface area contributed by atoms with Gasteiger partial charge < -0.3 is 14.5 Å². The van der Waals surface area contributed by atoms with E-state index in [0.29, 0.717) is 43.4 Å². The molecule has 0 spiro atoms. The summed E-state index contributed by atoms with van der Waals surface area (Å²) in [5.74, 6) is 0.895. The molecule has 5 nitrogen and oxygen atoms in total. The van der Waals surface area contributed by atoms with Crippen molar-refractivity contribution in [3.8, 4) is 5.75 Å². The number of nitrogens with zero attached hydrogens (tertiary/aromatic N) is 2. The molecule has 1 aromatic rings. The van der Waals surface area contributed by atoms with E-state index in [1.807, 2.05) is 17.9 Å². The molecule has 1 aliphatic heterocycles. The number of methoxy groups -OCH3 is 1. The maximum Gasteiger partial charge on any atom is 0.227 e. The molecule has 1 aromatic carbocycles. The molecule has 0 saturated carbocycles. The van der Waals surface area contributed by atoms with Gasteiger partial charge in [-0.25, -0.2) is 0 Å². The molecule has 2 rings (SSSR count). The van der Waals surface area contributed by atoms with Crippen molar-refractivity contribution in [2.45, 2.75) is 26.2 Å². The summed E-state index contributed by atoms with van der Waals surface area (Å²) in [7, 11) is 1.58. The summed E-state index contributed by atoms with van der Waals surface area (Å²) < 4.78 is 5.11. The van der Waals surface area contributed by atoms with Crippen LogP contribution in [0.2, 0.25) is 5.02 Å². The average molecular weight is 339 g/mol. The van der Waals surface area contributed by atoms with Crippen LogP contribution in [0.3, 0.4) is 0 Å². The van der Waals surface area contributed by atoms with Crippen LogP contribution in [0.25, 0.3) is 0 Å². The van der Waals surface area contributed by atoms with Crippen LogP contribution >= 0.6 is 11.6 Å². The van der Waals surface area contributed by atoms with Gasteiger partial charge in [-0.05, 0) is 24.1 Å².